The number of aromatic nitrogens is 2. The number of carbonyl (C=O) groups is 1. The van der Waals surface area contributed by atoms with E-state index in [1.807, 2.05) is 24.3 Å². The molecule has 1 amide bonds. The number of hydrogen-bond acceptors (Lipinski definition) is 7. The first-order valence-corrected chi connectivity index (χ1v) is 11.1. The maximum atomic E-state index is 12.9. The van der Waals surface area contributed by atoms with Gasteiger partial charge in [0.15, 0.2) is 11.5 Å². The van der Waals surface area contributed by atoms with Crippen LogP contribution >= 0.6 is 11.6 Å². The Kier molecular flexibility index (Phi) is 7.52. The summed E-state index contributed by atoms with van der Waals surface area (Å²) < 4.78 is 22.1. The second-order valence-electron chi connectivity index (χ2n) is 7.64. The first-order valence-electron chi connectivity index (χ1n) is 10.7. The summed E-state index contributed by atoms with van der Waals surface area (Å²) in [6.07, 6.45) is 0. The molecule has 0 atom stereocenters. The van der Waals surface area contributed by atoms with Gasteiger partial charge in [-0.3, -0.25) is 4.79 Å². The van der Waals surface area contributed by atoms with Gasteiger partial charge in [-0.15, -0.1) is 10.2 Å². The van der Waals surface area contributed by atoms with Gasteiger partial charge in [0.05, 0.1) is 20.8 Å². The summed E-state index contributed by atoms with van der Waals surface area (Å²) in [6.45, 7) is 0.496. The van der Waals surface area contributed by atoms with Gasteiger partial charge in [0.25, 0.3) is 5.91 Å². The fraction of sp³-hybridized carbons (Fsp3) is 0.192. The van der Waals surface area contributed by atoms with Crippen molar-refractivity contribution in [3.63, 3.8) is 0 Å². The summed E-state index contributed by atoms with van der Waals surface area (Å²) in [5.41, 5.74) is 2.08. The maximum absolute atomic E-state index is 12.9. The fourth-order valence-electron chi connectivity index (χ4n) is 3.37. The van der Waals surface area contributed by atoms with Gasteiger partial charge in [-0.25, -0.2) is 0 Å². The third kappa shape index (κ3) is 5.73. The van der Waals surface area contributed by atoms with Crippen molar-refractivity contribution in [3.05, 3.63) is 88.8 Å². The van der Waals surface area contributed by atoms with E-state index in [2.05, 4.69) is 10.2 Å². The summed E-state index contributed by atoms with van der Waals surface area (Å²) >= 11 is 6.16. The molecule has 0 aliphatic heterocycles. The lowest BCUT2D eigenvalue weighted by molar-refractivity contribution is 0.0773. The van der Waals surface area contributed by atoms with Crippen LogP contribution in [0.2, 0.25) is 5.02 Å². The monoisotopic (exact) mass is 493 g/mol. The van der Waals surface area contributed by atoms with Gasteiger partial charge in [-0.1, -0.05) is 29.8 Å². The number of halogens is 1. The molecule has 0 bridgehead atoms. The molecular weight excluding hydrogens is 470 g/mol. The van der Waals surface area contributed by atoms with Crippen LogP contribution in [0.15, 0.2) is 71.1 Å². The second kappa shape index (κ2) is 10.9. The van der Waals surface area contributed by atoms with Gasteiger partial charge in [0, 0.05) is 28.8 Å². The van der Waals surface area contributed by atoms with Crippen LogP contribution in [0.25, 0.3) is 11.5 Å². The van der Waals surface area contributed by atoms with Crippen LogP contribution in [-0.4, -0.2) is 42.3 Å². The number of carbonyl (C=O) groups excluding carboxylic acids is 1. The Morgan fingerprint density at radius 1 is 0.971 bits per heavy atom. The van der Waals surface area contributed by atoms with Crippen molar-refractivity contribution in [1.82, 2.24) is 15.1 Å². The molecule has 8 nitrogen and oxygen atoms in total. The van der Waals surface area contributed by atoms with Crippen molar-refractivity contribution in [2.24, 2.45) is 0 Å². The zero-order valence-corrected chi connectivity index (χ0v) is 20.3. The summed E-state index contributed by atoms with van der Waals surface area (Å²) in [4.78, 5) is 14.4. The SMILES string of the molecule is COc1ccc(-c2nnc(CN(C)C(=O)c3ccc(OCc4ccccc4Cl)cc3)o2)cc1OC. The summed E-state index contributed by atoms with van der Waals surface area (Å²) in [5.74, 6) is 2.24. The van der Waals surface area contributed by atoms with E-state index in [-0.39, 0.29) is 12.5 Å². The predicted molar refractivity (Wildman–Crippen MR) is 131 cm³/mol. The number of nitrogens with zero attached hydrogens (tertiary/aromatic N) is 3. The van der Waals surface area contributed by atoms with Crippen LogP contribution in [0.3, 0.4) is 0 Å². The lowest BCUT2D eigenvalue weighted by atomic mass is 10.2. The van der Waals surface area contributed by atoms with Crippen molar-refractivity contribution >= 4 is 17.5 Å². The van der Waals surface area contributed by atoms with Gasteiger partial charge in [0.1, 0.15) is 12.4 Å². The van der Waals surface area contributed by atoms with Crippen LogP contribution in [0, 0.1) is 0 Å². The van der Waals surface area contributed by atoms with Crippen molar-refractivity contribution in [2.75, 3.05) is 21.3 Å². The van der Waals surface area contributed by atoms with Crippen molar-refractivity contribution in [1.29, 1.82) is 0 Å². The molecule has 0 aliphatic carbocycles. The van der Waals surface area contributed by atoms with Crippen LogP contribution in [0.5, 0.6) is 17.2 Å². The highest BCUT2D eigenvalue weighted by Gasteiger charge is 2.17. The smallest absolute Gasteiger partial charge is 0.254 e. The molecule has 0 unspecified atom stereocenters. The van der Waals surface area contributed by atoms with E-state index >= 15 is 0 Å². The lowest BCUT2D eigenvalue weighted by Crippen LogP contribution is -2.26. The zero-order valence-electron chi connectivity index (χ0n) is 19.5. The Hall–Kier alpha value is -4.04. The first-order chi connectivity index (χ1) is 17.0. The molecule has 0 saturated heterocycles. The minimum absolute atomic E-state index is 0.157. The van der Waals surface area contributed by atoms with Crippen LogP contribution in [-0.2, 0) is 13.2 Å². The highest BCUT2D eigenvalue weighted by molar-refractivity contribution is 6.31. The normalized spacial score (nSPS) is 10.6. The molecule has 1 heterocycles. The molecule has 0 radical (unpaired) electrons. The zero-order chi connectivity index (χ0) is 24.8. The van der Waals surface area contributed by atoms with Gasteiger partial charge in [-0.05, 0) is 48.5 Å². The van der Waals surface area contributed by atoms with Gasteiger partial charge in [0.2, 0.25) is 11.8 Å². The molecule has 0 aliphatic rings. The molecule has 180 valence electrons. The number of amides is 1. The molecular formula is C26H24ClN3O5. The number of ether oxygens (including phenoxy) is 3. The Morgan fingerprint density at radius 2 is 1.71 bits per heavy atom. The molecule has 9 heteroatoms. The van der Waals surface area contributed by atoms with Gasteiger partial charge >= 0.3 is 0 Å². The van der Waals surface area contributed by atoms with Gasteiger partial charge < -0.3 is 23.5 Å². The molecule has 0 N–H and O–H groups in total. The molecule has 4 rings (SSSR count). The molecule has 0 spiro atoms. The summed E-state index contributed by atoms with van der Waals surface area (Å²) in [6, 6.07) is 19.7. The lowest BCUT2D eigenvalue weighted by Gasteiger charge is -2.15. The highest BCUT2D eigenvalue weighted by Crippen LogP contribution is 2.31. The third-order valence-electron chi connectivity index (χ3n) is 5.27. The van der Waals surface area contributed by atoms with E-state index < -0.39 is 0 Å². The minimum Gasteiger partial charge on any atom is -0.493 e. The highest BCUT2D eigenvalue weighted by atomic mass is 35.5. The summed E-state index contributed by atoms with van der Waals surface area (Å²) in [7, 11) is 4.79. The summed E-state index contributed by atoms with van der Waals surface area (Å²) in [5, 5.41) is 8.81. The molecule has 4 aromatic rings. The largest absolute Gasteiger partial charge is 0.493 e. The molecule has 0 saturated carbocycles. The first kappa shape index (κ1) is 24.1. The molecule has 35 heavy (non-hydrogen) atoms. The van der Waals surface area contributed by atoms with Gasteiger partial charge in [-0.2, -0.15) is 0 Å². The average molecular weight is 494 g/mol. The van der Waals surface area contributed by atoms with E-state index in [1.165, 1.54) is 4.90 Å². The van der Waals surface area contributed by atoms with E-state index in [0.717, 1.165) is 5.56 Å². The van der Waals surface area contributed by atoms with E-state index in [4.69, 9.17) is 30.2 Å². The van der Waals surface area contributed by atoms with E-state index in [9.17, 15) is 4.79 Å². The van der Waals surface area contributed by atoms with Crippen molar-refractivity contribution in [2.45, 2.75) is 13.2 Å². The number of rotatable bonds is 9. The standard InChI is InChI=1S/C26H24ClN3O5/c1-30(15-24-28-29-25(35-24)18-10-13-22(32-2)23(14-18)33-3)26(31)17-8-11-20(12-9-17)34-16-19-6-4-5-7-21(19)27/h4-14H,15-16H2,1-3H3. The number of benzene rings is 3. The molecule has 3 aromatic carbocycles. The third-order valence-corrected chi connectivity index (χ3v) is 5.64. The van der Waals surface area contributed by atoms with Crippen molar-refractivity contribution in [3.8, 4) is 28.7 Å². The Balaban J connectivity index is 1.37. The Morgan fingerprint density at radius 3 is 2.43 bits per heavy atom. The molecule has 0 fully saturated rings. The van der Waals surface area contributed by atoms with E-state index in [1.54, 1.807) is 63.7 Å². The average Bonchev–Trinajstić information content (AvgIpc) is 3.36. The second-order valence-corrected chi connectivity index (χ2v) is 8.04. The van der Waals surface area contributed by atoms with E-state index in [0.29, 0.717) is 51.8 Å². The number of methoxy groups -OCH3 is 2. The topological polar surface area (TPSA) is 86.9 Å². The Bertz CT molecular complexity index is 1310. The Labute approximate surface area is 208 Å². The maximum Gasteiger partial charge on any atom is 0.254 e. The van der Waals surface area contributed by atoms with Crippen LogP contribution in [0.4, 0.5) is 0 Å². The predicted octanol–water partition coefficient (Wildman–Crippen LogP) is 5.26. The molecule has 1 aromatic heterocycles. The quantitative estimate of drug-likeness (QED) is 0.314. The minimum atomic E-state index is -0.187. The number of hydrogen-bond donors (Lipinski definition) is 0. The van der Waals surface area contributed by atoms with Crippen molar-refractivity contribution < 1.29 is 23.4 Å². The van der Waals surface area contributed by atoms with Crippen LogP contribution < -0.4 is 14.2 Å². The fourth-order valence-corrected chi connectivity index (χ4v) is 3.56. The van der Waals surface area contributed by atoms with Crippen LogP contribution in [0.1, 0.15) is 21.8 Å².